The predicted molar refractivity (Wildman–Crippen MR) is 76.2 cm³/mol. The number of anilines is 1. The third kappa shape index (κ3) is 3.63. The molecule has 21 heavy (non-hydrogen) atoms. The van der Waals surface area contributed by atoms with Crippen LogP contribution in [0.25, 0.3) is 0 Å². The Hall–Kier alpha value is -2.29. The topological polar surface area (TPSA) is 90.2 Å². The second-order valence-electron chi connectivity index (χ2n) is 4.15. The van der Waals surface area contributed by atoms with Crippen molar-refractivity contribution in [3.05, 3.63) is 38.6 Å². The lowest BCUT2D eigenvalue weighted by molar-refractivity contribution is -0.385. The van der Waals surface area contributed by atoms with E-state index in [1.807, 2.05) is 6.92 Å². The molecule has 2 rings (SSSR count). The summed E-state index contributed by atoms with van der Waals surface area (Å²) in [5, 5.41) is 22.7. The first-order chi connectivity index (χ1) is 10.0. The van der Waals surface area contributed by atoms with E-state index < -0.39 is 10.7 Å². The van der Waals surface area contributed by atoms with E-state index in [-0.39, 0.29) is 18.0 Å². The van der Waals surface area contributed by atoms with Gasteiger partial charge in [0.2, 0.25) is 5.13 Å². The highest BCUT2D eigenvalue weighted by Crippen LogP contribution is 2.28. The fourth-order valence-electron chi connectivity index (χ4n) is 1.63. The molecule has 0 unspecified atom stereocenters. The number of ether oxygens (including phenoxy) is 1. The van der Waals surface area contributed by atoms with Crippen LogP contribution >= 0.6 is 11.3 Å². The molecule has 0 aliphatic heterocycles. The highest BCUT2D eigenvalue weighted by molar-refractivity contribution is 7.15. The fourth-order valence-corrected chi connectivity index (χ4v) is 2.35. The minimum atomic E-state index is -0.774. The number of aromatic nitrogens is 2. The number of hydrogen-bond donors (Lipinski definition) is 1. The Morgan fingerprint density at radius 2 is 2.24 bits per heavy atom. The summed E-state index contributed by atoms with van der Waals surface area (Å²) < 4.78 is 19.1. The molecule has 112 valence electrons. The van der Waals surface area contributed by atoms with E-state index in [4.69, 9.17) is 4.74 Å². The Morgan fingerprint density at radius 3 is 2.90 bits per heavy atom. The van der Waals surface area contributed by atoms with Crippen molar-refractivity contribution in [2.75, 3.05) is 11.9 Å². The lowest BCUT2D eigenvalue weighted by atomic mass is 10.2. The van der Waals surface area contributed by atoms with Gasteiger partial charge in [-0.15, -0.1) is 10.2 Å². The van der Waals surface area contributed by atoms with Gasteiger partial charge in [-0.1, -0.05) is 11.3 Å². The number of nitrogens with zero attached hydrogens (tertiary/aromatic N) is 3. The zero-order valence-corrected chi connectivity index (χ0v) is 12.2. The Kier molecular flexibility index (Phi) is 4.63. The van der Waals surface area contributed by atoms with Crippen molar-refractivity contribution in [3.8, 4) is 5.75 Å². The van der Waals surface area contributed by atoms with Crippen LogP contribution < -0.4 is 10.1 Å². The standard InChI is InChI=1S/C12H13FN4O3S/c1-3-14-12-16-15-11(21-12)6-20-10-4-7(2)9(17(18)19)5-8(10)13/h4-5H,3,6H2,1-2H3,(H,14,16). The molecule has 0 amide bonds. The van der Waals surface area contributed by atoms with Crippen LogP contribution in [0.1, 0.15) is 17.5 Å². The van der Waals surface area contributed by atoms with Crippen LogP contribution in [0.2, 0.25) is 0 Å². The zero-order chi connectivity index (χ0) is 15.4. The van der Waals surface area contributed by atoms with Crippen molar-refractivity contribution >= 4 is 22.2 Å². The summed E-state index contributed by atoms with van der Waals surface area (Å²) in [7, 11) is 0. The van der Waals surface area contributed by atoms with Crippen molar-refractivity contribution in [2.24, 2.45) is 0 Å². The molecule has 7 nitrogen and oxygen atoms in total. The first-order valence-electron chi connectivity index (χ1n) is 6.14. The van der Waals surface area contributed by atoms with Gasteiger partial charge < -0.3 is 10.1 Å². The highest BCUT2D eigenvalue weighted by Gasteiger charge is 2.16. The molecule has 0 aliphatic rings. The summed E-state index contributed by atoms with van der Waals surface area (Å²) in [6.07, 6.45) is 0. The second kappa shape index (κ2) is 6.44. The van der Waals surface area contributed by atoms with E-state index in [9.17, 15) is 14.5 Å². The molecule has 0 atom stereocenters. The van der Waals surface area contributed by atoms with E-state index in [2.05, 4.69) is 15.5 Å². The van der Waals surface area contributed by atoms with Gasteiger partial charge in [-0.05, 0) is 19.9 Å². The van der Waals surface area contributed by atoms with Crippen molar-refractivity contribution < 1.29 is 14.1 Å². The molecule has 0 saturated carbocycles. The number of halogens is 1. The van der Waals surface area contributed by atoms with Crippen LogP contribution in [0.3, 0.4) is 0 Å². The number of benzene rings is 1. The molecule has 2 aromatic rings. The van der Waals surface area contributed by atoms with Gasteiger partial charge in [-0.25, -0.2) is 4.39 Å². The van der Waals surface area contributed by atoms with Crippen LogP contribution in [0.5, 0.6) is 5.75 Å². The van der Waals surface area contributed by atoms with Crippen molar-refractivity contribution in [1.29, 1.82) is 0 Å². The molecular formula is C12H13FN4O3S. The van der Waals surface area contributed by atoms with Gasteiger partial charge in [0.05, 0.1) is 11.0 Å². The maximum Gasteiger partial charge on any atom is 0.275 e. The normalized spacial score (nSPS) is 10.4. The summed E-state index contributed by atoms with van der Waals surface area (Å²) in [4.78, 5) is 10.1. The van der Waals surface area contributed by atoms with Crippen molar-refractivity contribution in [2.45, 2.75) is 20.5 Å². The van der Waals surface area contributed by atoms with Gasteiger partial charge in [0.1, 0.15) is 6.61 Å². The van der Waals surface area contributed by atoms with E-state index in [0.29, 0.717) is 15.7 Å². The van der Waals surface area contributed by atoms with Crippen LogP contribution in [-0.2, 0) is 6.61 Å². The number of hydrogen-bond acceptors (Lipinski definition) is 7. The largest absolute Gasteiger partial charge is 0.483 e. The SMILES string of the molecule is CCNc1nnc(COc2cc(C)c([N+](=O)[O-])cc2F)s1. The molecule has 0 saturated heterocycles. The van der Waals surface area contributed by atoms with Gasteiger partial charge in [-0.2, -0.15) is 0 Å². The minimum absolute atomic E-state index is 0.0432. The van der Waals surface area contributed by atoms with E-state index in [1.165, 1.54) is 24.3 Å². The van der Waals surface area contributed by atoms with Gasteiger partial charge in [-0.3, -0.25) is 10.1 Å². The van der Waals surface area contributed by atoms with Crippen LogP contribution in [0.4, 0.5) is 15.2 Å². The third-order valence-electron chi connectivity index (χ3n) is 2.59. The minimum Gasteiger partial charge on any atom is -0.483 e. The molecule has 1 aromatic heterocycles. The fraction of sp³-hybridized carbons (Fsp3) is 0.333. The molecule has 1 heterocycles. The first-order valence-corrected chi connectivity index (χ1v) is 6.96. The average molecular weight is 312 g/mol. The van der Waals surface area contributed by atoms with Gasteiger partial charge in [0, 0.05) is 12.1 Å². The number of nitro groups is 1. The molecule has 0 bridgehead atoms. The van der Waals surface area contributed by atoms with Crippen molar-refractivity contribution in [3.63, 3.8) is 0 Å². The molecule has 0 radical (unpaired) electrons. The summed E-state index contributed by atoms with van der Waals surface area (Å²) in [5.41, 5.74) is 0.0622. The maximum atomic E-state index is 13.7. The maximum absolute atomic E-state index is 13.7. The van der Waals surface area contributed by atoms with Crippen LogP contribution in [0.15, 0.2) is 12.1 Å². The average Bonchev–Trinajstić information content (AvgIpc) is 2.87. The summed E-state index contributed by atoms with van der Waals surface area (Å²) in [6.45, 7) is 4.24. The third-order valence-corrected chi connectivity index (χ3v) is 3.45. The molecule has 0 spiro atoms. The second-order valence-corrected chi connectivity index (χ2v) is 5.21. The molecule has 9 heteroatoms. The number of nitro benzene ring substituents is 1. The van der Waals surface area contributed by atoms with Gasteiger partial charge in [0.15, 0.2) is 16.6 Å². The number of rotatable bonds is 6. The van der Waals surface area contributed by atoms with Gasteiger partial charge >= 0.3 is 0 Å². The summed E-state index contributed by atoms with van der Waals surface area (Å²) in [5.74, 6) is -0.818. The zero-order valence-electron chi connectivity index (χ0n) is 11.4. The molecule has 1 aromatic carbocycles. The summed E-state index contributed by atoms with van der Waals surface area (Å²) in [6, 6.07) is 2.16. The van der Waals surface area contributed by atoms with Crippen LogP contribution in [-0.4, -0.2) is 21.7 Å². The Balaban J connectivity index is 2.09. The smallest absolute Gasteiger partial charge is 0.275 e. The highest BCUT2D eigenvalue weighted by atomic mass is 32.1. The Morgan fingerprint density at radius 1 is 1.48 bits per heavy atom. The van der Waals surface area contributed by atoms with Crippen molar-refractivity contribution in [1.82, 2.24) is 10.2 Å². The predicted octanol–water partition coefficient (Wildman–Crippen LogP) is 2.90. The quantitative estimate of drug-likeness (QED) is 0.651. The lowest BCUT2D eigenvalue weighted by Crippen LogP contribution is -2.00. The molecule has 0 aliphatic carbocycles. The monoisotopic (exact) mass is 312 g/mol. The first kappa shape index (κ1) is 15.1. The lowest BCUT2D eigenvalue weighted by Gasteiger charge is -2.06. The number of nitrogens with one attached hydrogen (secondary N) is 1. The van der Waals surface area contributed by atoms with Gasteiger partial charge in [0.25, 0.3) is 5.69 Å². The molecular weight excluding hydrogens is 299 g/mol. The van der Waals surface area contributed by atoms with E-state index in [1.54, 1.807) is 0 Å². The van der Waals surface area contributed by atoms with E-state index >= 15 is 0 Å². The Bertz CT molecular complexity index is 662. The molecule has 1 N–H and O–H groups in total. The Labute approximate surface area is 123 Å². The van der Waals surface area contributed by atoms with E-state index in [0.717, 1.165) is 12.6 Å². The molecule has 0 fully saturated rings. The van der Waals surface area contributed by atoms with Crippen LogP contribution in [0, 0.1) is 22.9 Å². The number of aryl methyl sites for hydroxylation is 1. The summed E-state index contributed by atoms with van der Waals surface area (Å²) >= 11 is 1.31.